The van der Waals surface area contributed by atoms with Crippen LogP contribution in [0.2, 0.25) is 0 Å². The van der Waals surface area contributed by atoms with Gasteiger partial charge in [0.1, 0.15) is 5.41 Å². The molecule has 0 aromatic rings. The average Bonchev–Trinajstić information content (AvgIpc) is 2.93. The highest BCUT2D eigenvalue weighted by Crippen LogP contribution is 2.36. The van der Waals surface area contributed by atoms with Crippen molar-refractivity contribution in [3.05, 3.63) is 0 Å². The molecule has 1 unspecified atom stereocenters. The van der Waals surface area contributed by atoms with Crippen LogP contribution in [0.15, 0.2) is 0 Å². The van der Waals surface area contributed by atoms with E-state index < -0.39 is 11.4 Å². The van der Waals surface area contributed by atoms with Crippen molar-refractivity contribution in [3.63, 3.8) is 0 Å². The summed E-state index contributed by atoms with van der Waals surface area (Å²) in [5.74, 6) is -0.872. The van der Waals surface area contributed by atoms with Crippen LogP contribution in [0.1, 0.15) is 51.9 Å². The van der Waals surface area contributed by atoms with Gasteiger partial charge in [-0.1, -0.05) is 25.7 Å². The maximum Gasteiger partial charge on any atom is 0.318 e. The molecule has 0 spiro atoms. The summed E-state index contributed by atoms with van der Waals surface area (Å²) < 4.78 is 0. The van der Waals surface area contributed by atoms with Crippen LogP contribution in [0.5, 0.6) is 0 Å². The highest BCUT2D eigenvalue weighted by Gasteiger charge is 2.44. The van der Waals surface area contributed by atoms with Gasteiger partial charge in [-0.2, -0.15) is 0 Å². The monoisotopic (exact) mass is 239 g/mol. The molecule has 0 aliphatic heterocycles. The molecule has 0 saturated heterocycles. The molecule has 0 aromatic heterocycles. The Morgan fingerprint density at radius 1 is 1.24 bits per heavy atom. The molecule has 0 radical (unpaired) electrons. The van der Waals surface area contributed by atoms with Gasteiger partial charge in [0.15, 0.2) is 0 Å². The standard InChI is InChI=1S/C13H21NO3/c1-13(12(16)17,8-9-4-2-3-5-9)11(15)14-10-6-7-10/h9-10H,2-8H2,1H3,(H,14,15)(H,16,17). The summed E-state index contributed by atoms with van der Waals surface area (Å²) in [6.45, 7) is 1.57. The largest absolute Gasteiger partial charge is 0.480 e. The van der Waals surface area contributed by atoms with Crippen LogP contribution in [0.3, 0.4) is 0 Å². The van der Waals surface area contributed by atoms with Crippen LogP contribution >= 0.6 is 0 Å². The molecule has 1 atom stereocenters. The number of hydrogen-bond donors (Lipinski definition) is 2. The van der Waals surface area contributed by atoms with Crippen molar-refractivity contribution in [2.24, 2.45) is 11.3 Å². The number of amides is 1. The van der Waals surface area contributed by atoms with Crippen molar-refractivity contribution in [2.45, 2.75) is 57.9 Å². The Hall–Kier alpha value is -1.06. The first-order valence-electron chi connectivity index (χ1n) is 6.57. The van der Waals surface area contributed by atoms with Crippen molar-refractivity contribution in [2.75, 3.05) is 0 Å². The zero-order valence-corrected chi connectivity index (χ0v) is 10.4. The molecule has 0 bridgehead atoms. The number of carbonyl (C=O) groups excluding carboxylic acids is 1. The van der Waals surface area contributed by atoms with Gasteiger partial charge in [-0.25, -0.2) is 0 Å². The van der Waals surface area contributed by atoms with Crippen molar-refractivity contribution in [1.82, 2.24) is 5.32 Å². The lowest BCUT2D eigenvalue weighted by Gasteiger charge is -2.26. The molecule has 1 amide bonds. The Balaban J connectivity index is 2.00. The minimum Gasteiger partial charge on any atom is -0.480 e. The topological polar surface area (TPSA) is 66.4 Å². The number of rotatable bonds is 5. The molecule has 2 aliphatic rings. The van der Waals surface area contributed by atoms with Gasteiger partial charge in [0.05, 0.1) is 0 Å². The van der Waals surface area contributed by atoms with E-state index in [1.54, 1.807) is 6.92 Å². The van der Waals surface area contributed by atoms with Gasteiger partial charge in [-0.05, 0) is 32.1 Å². The molecular formula is C13H21NO3. The molecule has 2 fully saturated rings. The quantitative estimate of drug-likeness (QED) is 0.720. The third-order valence-corrected chi connectivity index (χ3v) is 4.06. The summed E-state index contributed by atoms with van der Waals surface area (Å²) in [6.07, 6.45) is 6.95. The summed E-state index contributed by atoms with van der Waals surface area (Å²) in [6, 6.07) is 0.227. The van der Waals surface area contributed by atoms with Crippen LogP contribution in [0.4, 0.5) is 0 Å². The van der Waals surface area contributed by atoms with E-state index in [0.717, 1.165) is 25.7 Å². The number of aliphatic carboxylic acids is 1. The van der Waals surface area contributed by atoms with E-state index in [-0.39, 0.29) is 11.9 Å². The van der Waals surface area contributed by atoms with Gasteiger partial charge in [0, 0.05) is 6.04 Å². The molecule has 0 heterocycles. The van der Waals surface area contributed by atoms with Crippen molar-refractivity contribution < 1.29 is 14.7 Å². The zero-order valence-electron chi connectivity index (χ0n) is 10.4. The summed E-state index contributed by atoms with van der Waals surface area (Å²) in [7, 11) is 0. The van der Waals surface area contributed by atoms with Crippen LogP contribution in [0, 0.1) is 11.3 Å². The van der Waals surface area contributed by atoms with E-state index >= 15 is 0 Å². The number of hydrogen-bond acceptors (Lipinski definition) is 2. The number of carboxylic acids is 1. The third-order valence-electron chi connectivity index (χ3n) is 4.06. The second kappa shape index (κ2) is 4.67. The summed E-state index contributed by atoms with van der Waals surface area (Å²) in [4.78, 5) is 23.4. The predicted octanol–water partition coefficient (Wildman–Crippen LogP) is 1.94. The maximum atomic E-state index is 12.1. The Morgan fingerprint density at radius 2 is 1.82 bits per heavy atom. The first-order chi connectivity index (χ1) is 8.02. The first kappa shape index (κ1) is 12.4. The highest BCUT2D eigenvalue weighted by atomic mass is 16.4. The van der Waals surface area contributed by atoms with Crippen LogP contribution in [0.25, 0.3) is 0 Å². The molecule has 0 aromatic carbocycles. The lowest BCUT2D eigenvalue weighted by molar-refractivity contribution is -0.156. The van der Waals surface area contributed by atoms with Crippen LogP contribution in [-0.2, 0) is 9.59 Å². The van der Waals surface area contributed by atoms with Crippen molar-refractivity contribution in [3.8, 4) is 0 Å². The smallest absolute Gasteiger partial charge is 0.318 e. The van der Waals surface area contributed by atoms with Crippen LogP contribution in [-0.4, -0.2) is 23.0 Å². The number of nitrogens with one attached hydrogen (secondary N) is 1. The minimum atomic E-state index is -1.24. The fraction of sp³-hybridized carbons (Fsp3) is 0.846. The average molecular weight is 239 g/mol. The SMILES string of the molecule is CC(CC1CCCC1)(C(=O)O)C(=O)NC1CC1. The van der Waals surface area contributed by atoms with E-state index in [1.165, 1.54) is 12.8 Å². The summed E-state index contributed by atoms with van der Waals surface area (Å²) in [5, 5.41) is 12.2. The van der Waals surface area contributed by atoms with E-state index in [9.17, 15) is 14.7 Å². The van der Waals surface area contributed by atoms with Gasteiger partial charge in [0.25, 0.3) is 0 Å². The fourth-order valence-electron chi connectivity index (χ4n) is 2.64. The second-order valence-corrected chi connectivity index (χ2v) is 5.74. The van der Waals surface area contributed by atoms with E-state index in [4.69, 9.17) is 0 Å². The van der Waals surface area contributed by atoms with E-state index in [1.807, 2.05) is 0 Å². The molecule has 2 aliphatic carbocycles. The highest BCUT2D eigenvalue weighted by molar-refractivity contribution is 6.01. The number of carbonyl (C=O) groups is 2. The Kier molecular flexibility index (Phi) is 3.40. The van der Waals surface area contributed by atoms with Crippen molar-refractivity contribution in [1.29, 1.82) is 0 Å². The number of carboxylic acid groups (broad SMARTS) is 1. The van der Waals surface area contributed by atoms with Crippen molar-refractivity contribution >= 4 is 11.9 Å². The Labute approximate surface area is 102 Å². The lowest BCUT2D eigenvalue weighted by atomic mass is 9.79. The molecule has 2 N–H and O–H groups in total. The zero-order chi connectivity index (χ0) is 12.5. The normalized spacial score (nSPS) is 24.3. The Bertz CT molecular complexity index is 319. The molecule has 17 heavy (non-hydrogen) atoms. The minimum absolute atomic E-state index is 0.227. The predicted molar refractivity (Wildman–Crippen MR) is 63.5 cm³/mol. The van der Waals surface area contributed by atoms with Gasteiger partial charge in [-0.3, -0.25) is 9.59 Å². The van der Waals surface area contributed by atoms with E-state index in [2.05, 4.69) is 5.32 Å². The first-order valence-corrected chi connectivity index (χ1v) is 6.57. The fourth-order valence-corrected chi connectivity index (χ4v) is 2.64. The summed E-state index contributed by atoms with van der Waals surface area (Å²) >= 11 is 0. The molecule has 4 nitrogen and oxygen atoms in total. The van der Waals surface area contributed by atoms with Gasteiger partial charge < -0.3 is 10.4 Å². The molecule has 2 rings (SSSR count). The molecule has 2 saturated carbocycles. The maximum absolute atomic E-state index is 12.1. The molecule has 4 heteroatoms. The van der Waals surface area contributed by atoms with Gasteiger partial charge in [0.2, 0.25) is 5.91 Å². The lowest BCUT2D eigenvalue weighted by Crippen LogP contribution is -2.46. The van der Waals surface area contributed by atoms with Crippen LogP contribution < -0.4 is 5.32 Å². The van der Waals surface area contributed by atoms with E-state index in [0.29, 0.717) is 12.3 Å². The third kappa shape index (κ3) is 2.79. The van der Waals surface area contributed by atoms with Gasteiger partial charge in [-0.15, -0.1) is 0 Å². The molecular weight excluding hydrogens is 218 g/mol. The van der Waals surface area contributed by atoms with Gasteiger partial charge >= 0.3 is 5.97 Å². The summed E-state index contributed by atoms with van der Waals surface area (Å²) in [5.41, 5.74) is -1.24. The Morgan fingerprint density at radius 3 is 2.29 bits per heavy atom. The second-order valence-electron chi connectivity index (χ2n) is 5.74. The molecule has 96 valence electrons.